The number of amides is 2. The zero-order valence-corrected chi connectivity index (χ0v) is 15.7. The Hall–Kier alpha value is -2.69. The zero-order valence-electron chi connectivity index (χ0n) is 15.7. The van der Waals surface area contributed by atoms with Crippen molar-refractivity contribution in [2.24, 2.45) is 0 Å². The Morgan fingerprint density at radius 2 is 1.58 bits per heavy atom. The van der Waals surface area contributed by atoms with E-state index in [9.17, 15) is 14.0 Å². The van der Waals surface area contributed by atoms with Crippen molar-refractivity contribution < 1.29 is 14.0 Å². The molecule has 5 heteroatoms. The lowest BCUT2D eigenvalue weighted by molar-refractivity contribution is -0.133. The first-order chi connectivity index (χ1) is 12.1. The first-order valence-corrected chi connectivity index (χ1v) is 8.55. The van der Waals surface area contributed by atoms with Gasteiger partial charge in [0, 0.05) is 19.2 Å². The fourth-order valence-corrected chi connectivity index (χ4v) is 2.52. The highest BCUT2D eigenvalue weighted by atomic mass is 19.1. The highest BCUT2D eigenvalue weighted by Crippen LogP contribution is 2.23. The third-order valence-electron chi connectivity index (χ3n) is 4.10. The highest BCUT2D eigenvalue weighted by molar-refractivity contribution is 5.94. The Balaban J connectivity index is 1.99. The Kier molecular flexibility index (Phi) is 6.14. The van der Waals surface area contributed by atoms with Crippen LogP contribution in [0.5, 0.6) is 0 Å². The van der Waals surface area contributed by atoms with Crippen molar-refractivity contribution in [1.29, 1.82) is 0 Å². The molecule has 0 radical (unpaired) electrons. The lowest BCUT2D eigenvalue weighted by Gasteiger charge is -2.21. The summed E-state index contributed by atoms with van der Waals surface area (Å²) in [6, 6.07) is 13.6. The predicted octanol–water partition coefficient (Wildman–Crippen LogP) is 4.11. The van der Waals surface area contributed by atoms with E-state index < -0.39 is 0 Å². The molecule has 0 saturated heterocycles. The zero-order chi connectivity index (χ0) is 19.3. The number of anilines is 1. The minimum absolute atomic E-state index is 0.0448. The van der Waals surface area contributed by atoms with Gasteiger partial charge in [0.1, 0.15) is 12.4 Å². The number of nitrogens with one attached hydrogen (secondary N) is 1. The van der Waals surface area contributed by atoms with Gasteiger partial charge in [0.05, 0.1) is 0 Å². The standard InChI is InChI=1S/C21H25FN2O2/c1-15(25)24(13-16-5-9-18(22)10-6-16)14-20(26)23-19-11-7-17(8-12-19)21(2,3)4/h5-12H,13-14H2,1-4H3,(H,23,26). The van der Waals surface area contributed by atoms with E-state index in [0.29, 0.717) is 5.69 Å². The van der Waals surface area contributed by atoms with E-state index in [1.807, 2.05) is 24.3 Å². The van der Waals surface area contributed by atoms with Crippen LogP contribution in [-0.4, -0.2) is 23.3 Å². The summed E-state index contributed by atoms with van der Waals surface area (Å²) >= 11 is 0. The topological polar surface area (TPSA) is 49.4 Å². The third kappa shape index (κ3) is 5.69. The molecule has 0 aromatic heterocycles. The molecule has 26 heavy (non-hydrogen) atoms. The first kappa shape index (κ1) is 19.6. The summed E-state index contributed by atoms with van der Waals surface area (Å²) in [5.74, 6) is -0.821. The molecule has 2 rings (SSSR count). The second kappa shape index (κ2) is 8.13. The first-order valence-electron chi connectivity index (χ1n) is 8.55. The number of benzene rings is 2. The van der Waals surface area contributed by atoms with Gasteiger partial charge < -0.3 is 10.2 Å². The maximum absolute atomic E-state index is 13.0. The smallest absolute Gasteiger partial charge is 0.244 e. The van der Waals surface area contributed by atoms with Crippen LogP contribution >= 0.6 is 0 Å². The van der Waals surface area contributed by atoms with Crippen molar-refractivity contribution in [3.63, 3.8) is 0 Å². The quantitative estimate of drug-likeness (QED) is 0.876. The van der Waals surface area contributed by atoms with E-state index in [1.165, 1.54) is 29.5 Å². The molecule has 1 N–H and O–H groups in total. The summed E-state index contributed by atoms with van der Waals surface area (Å²) in [5, 5.41) is 2.81. The van der Waals surface area contributed by atoms with Gasteiger partial charge in [-0.25, -0.2) is 4.39 Å². The fraction of sp³-hybridized carbons (Fsp3) is 0.333. The van der Waals surface area contributed by atoms with E-state index in [4.69, 9.17) is 0 Å². The summed E-state index contributed by atoms with van der Waals surface area (Å²) in [6.45, 7) is 7.98. The van der Waals surface area contributed by atoms with Gasteiger partial charge in [0.2, 0.25) is 11.8 Å². The van der Waals surface area contributed by atoms with Crippen LogP contribution in [0, 0.1) is 5.82 Å². The summed E-state index contributed by atoms with van der Waals surface area (Å²) in [5.41, 5.74) is 2.68. The van der Waals surface area contributed by atoms with Crippen LogP contribution < -0.4 is 5.32 Å². The van der Waals surface area contributed by atoms with E-state index in [2.05, 4.69) is 26.1 Å². The molecule has 0 aliphatic heterocycles. The van der Waals surface area contributed by atoms with Crippen molar-refractivity contribution in [2.75, 3.05) is 11.9 Å². The van der Waals surface area contributed by atoms with Gasteiger partial charge >= 0.3 is 0 Å². The number of hydrogen-bond donors (Lipinski definition) is 1. The van der Waals surface area contributed by atoms with Gasteiger partial charge in [-0.05, 0) is 40.8 Å². The molecule has 0 fully saturated rings. The Bertz CT molecular complexity index is 762. The predicted molar refractivity (Wildman–Crippen MR) is 101 cm³/mol. The molecule has 0 bridgehead atoms. The molecular weight excluding hydrogens is 331 g/mol. The Labute approximate surface area is 154 Å². The number of hydrogen-bond acceptors (Lipinski definition) is 2. The minimum atomic E-state index is -0.334. The average Bonchev–Trinajstić information content (AvgIpc) is 2.55. The van der Waals surface area contributed by atoms with E-state index in [1.54, 1.807) is 12.1 Å². The van der Waals surface area contributed by atoms with Gasteiger partial charge in [-0.3, -0.25) is 9.59 Å². The van der Waals surface area contributed by atoms with Gasteiger partial charge in [-0.1, -0.05) is 45.0 Å². The number of rotatable bonds is 5. The second-order valence-electron chi connectivity index (χ2n) is 7.38. The molecule has 138 valence electrons. The molecule has 2 aromatic carbocycles. The molecule has 0 saturated carbocycles. The van der Waals surface area contributed by atoms with Gasteiger partial charge in [-0.2, -0.15) is 0 Å². The number of carbonyl (C=O) groups excluding carboxylic acids is 2. The van der Waals surface area contributed by atoms with Crippen molar-refractivity contribution in [1.82, 2.24) is 4.90 Å². The summed E-state index contributed by atoms with van der Waals surface area (Å²) in [7, 11) is 0. The Morgan fingerprint density at radius 3 is 2.08 bits per heavy atom. The molecule has 0 aliphatic rings. The van der Waals surface area contributed by atoms with Gasteiger partial charge in [0.25, 0.3) is 0 Å². The molecule has 2 aromatic rings. The third-order valence-corrected chi connectivity index (χ3v) is 4.10. The average molecular weight is 356 g/mol. The molecule has 2 amide bonds. The van der Waals surface area contributed by atoms with Crippen molar-refractivity contribution in [3.8, 4) is 0 Å². The normalized spacial score (nSPS) is 11.1. The monoisotopic (exact) mass is 356 g/mol. The summed E-state index contributed by atoms with van der Waals surface area (Å²) in [4.78, 5) is 25.5. The van der Waals surface area contributed by atoms with Gasteiger partial charge in [0.15, 0.2) is 0 Å². The number of carbonyl (C=O) groups is 2. The lowest BCUT2D eigenvalue weighted by Crippen LogP contribution is -2.36. The minimum Gasteiger partial charge on any atom is -0.329 e. The Morgan fingerprint density at radius 1 is 1.00 bits per heavy atom. The molecular formula is C21H25FN2O2. The van der Waals surface area contributed by atoms with Crippen LogP contribution in [0.15, 0.2) is 48.5 Å². The van der Waals surface area contributed by atoms with Crippen LogP contribution in [-0.2, 0) is 21.5 Å². The summed E-state index contributed by atoms with van der Waals surface area (Å²) < 4.78 is 13.0. The largest absolute Gasteiger partial charge is 0.329 e. The molecule has 0 atom stereocenters. The van der Waals surface area contributed by atoms with Crippen molar-refractivity contribution in [3.05, 3.63) is 65.5 Å². The van der Waals surface area contributed by atoms with Crippen LogP contribution in [0.2, 0.25) is 0 Å². The number of halogens is 1. The maximum Gasteiger partial charge on any atom is 0.244 e. The molecule has 0 spiro atoms. The fourth-order valence-electron chi connectivity index (χ4n) is 2.52. The number of nitrogens with zero attached hydrogens (tertiary/aromatic N) is 1. The van der Waals surface area contributed by atoms with Crippen LogP contribution in [0.25, 0.3) is 0 Å². The van der Waals surface area contributed by atoms with E-state index in [-0.39, 0.29) is 36.1 Å². The van der Waals surface area contributed by atoms with E-state index in [0.717, 1.165) is 5.56 Å². The van der Waals surface area contributed by atoms with Crippen LogP contribution in [0.1, 0.15) is 38.8 Å². The summed E-state index contributed by atoms with van der Waals surface area (Å²) in [6.07, 6.45) is 0. The SMILES string of the molecule is CC(=O)N(CC(=O)Nc1ccc(C(C)(C)C)cc1)Cc1ccc(F)cc1. The van der Waals surface area contributed by atoms with E-state index >= 15 is 0 Å². The molecule has 0 heterocycles. The van der Waals surface area contributed by atoms with Crippen molar-refractivity contribution >= 4 is 17.5 Å². The second-order valence-corrected chi connectivity index (χ2v) is 7.38. The molecule has 0 unspecified atom stereocenters. The van der Waals surface area contributed by atoms with Gasteiger partial charge in [-0.15, -0.1) is 0 Å². The lowest BCUT2D eigenvalue weighted by atomic mass is 9.87. The van der Waals surface area contributed by atoms with Crippen LogP contribution in [0.4, 0.5) is 10.1 Å². The molecule has 0 aliphatic carbocycles. The highest BCUT2D eigenvalue weighted by Gasteiger charge is 2.16. The maximum atomic E-state index is 13.0. The van der Waals surface area contributed by atoms with Crippen LogP contribution in [0.3, 0.4) is 0 Å². The molecule has 4 nitrogen and oxygen atoms in total. The van der Waals surface area contributed by atoms with Crippen molar-refractivity contribution in [2.45, 2.75) is 39.7 Å².